The number of hydrogen-bond acceptors (Lipinski definition) is 7. The van der Waals surface area contributed by atoms with Crippen molar-refractivity contribution < 1.29 is 19.5 Å². The summed E-state index contributed by atoms with van der Waals surface area (Å²) in [5, 5.41) is 23.9. The van der Waals surface area contributed by atoms with Gasteiger partial charge >= 0.3 is 0 Å². The average molecular weight is 549 g/mol. The highest BCUT2D eigenvalue weighted by atomic mass is 32.2. The summed E-state index contributed by atoms with van der Waals surface area (Å²) in [5.74, 6) is -1.73. The number of aliphatic hydroxyl groups excluding tert-OH is 1. The Labute approximate surface area is 230 Å². The molecule has 2 aromatic carbocycles. The highest BCUT2D eigenvalue weighted by molar-refractivity contribution is 8.02. The fourth-order valence-electron chi connectivity index (χ4n) is 6.79. The molecule has 3 fully saturated rings. The van der Waals surface area contributed by atoms with Crippen molar-refractivity contribution >= 4 is 40.5 Å². The van der Waals surface area contributed by atoms with Crippen molar-refractivity contribution in [1.29, 1.82) is 0 Å². The summed E-state index contributed by atoms with van der Waals surface area (Å²) in [5.41, 5.74) is 2.52. The predicted molar refractivity (Wildman–Crippen MR) is 146 cm³/mol. The van der Waals surface area contributed by atoms with Gasteiger partial charge in [0.2, 0.25) is 17.7 Å². The molecule has 5 atom stereocenters. The van der Waals surface area contributed by atoms with Crippen LogP contribution in [0.15, 0.2) is 54.6 Å². The maximum absolute atomic E-state index is 14.0. The zero-order valence-corrected chi connectivity index (χ0v) is 22.6. The minimum Gasteiger partial charge on any atom is -0.396 e. The lowest BCUT2D eigenvalue weighted by molar-refractivity contribution is -0.141. The number of aromatic nitrogens is 3. The van der Waals surface area contributed by atoms with E-state index in [9.17, 15) is 19.5 Å². The van der Waals surface area contributed by atoms with Crippen LogP contribution in [0.3, 0.4) is 0 Å². The number of benzene rings is 2. The number of carbonyl (C=O) groups excluding carboxylic acids is 3. The van der Waals surface area contributed by atoms with E-state index in [1.165, 1.54) is 0 Å². The number of likely N-dealkylation sites (tertiary alicyclic amines) is 1. The number of thioether (sulfide) groups is 1. The number of para-hydroxylation sites is 1. The van der Waals surface area contributed by atoms with Crippen LogP contribution in [-0.2, 0) is 27.6 Å². The van der Waals surface area contributed by atoms with Crippen LogP contribution >= 0.6 is 11.8 Å². The number of nitrogens with zero attached hydrogens (tertiary/aromatic N) is 4. The third kappa shape index (κ3) is 4.19. The van der Waals surface area contributed by atoms with E-state index in [2.05, 4.69) is 27.9 Å². The first-order chi connectivity index (χ1) is 18.9. The molecule has 3 aromatic rings. The molecule has 2 bridgehead atoms. The molecule has 4 heterocycles. The van der Waals surface area contributed by atoms with Gasteiger partial charge in [0.25, 0.3) is 0 Å². The molecule has 10 nitrogen and oxygen atoms in total. The standard InChI is InChI=1S/C28H32N6O4S/c1-27-12-13-28(39-27)22(21(27)24(36)29-16-18-8-3-2-4-9-18)26(38)33(14-7-15-35)23(28)25(37)30-17-34-20-11-6-5-10-19(20)31-32-34/h2-6,8-11,21-23,35H,7,12-17H2,1H3,(H,29,36)(H,30,37)/t21-,22+,23?,27+,28?/m1/s1. The zero-order valence-electron chi connectivity index (χ0n) is 21.7. The summed E-state index contributed by atoms with van der Waals surface area (Å²) in [7, 11) is 0. The summed E-state index contributed by atoms with van der Waals surface area (Å²) in [4.78, 5) is 43.1. The molecule has 3 N–H and O–H groups in total. The molecule has 3 aliphatic rings. The van der Waals surface area contributed by atoms with Gasteiger partial charge in [-0.25, -0.2) is 4.68 Å². The van der Waals surface area contributed by atoms with Crippen LogP contribution in [0.25, 0.3) is 11.0 Å². The van der Waals surface area contributed by atoms with Gasteiger partial charge in [-0.3, -0.25) is 14.4 Å². The normalized spacial score (nSPS) is 29.1. The smallest absolute Gasteiger partial charge is 0.245 e. The summed E-state index contributed by atoms with van der Waals surface area (Å²) in [6.07, 6.45) is 1.78. The van der Waals surface area contributed by atoms with Crippen LogP contribution < -0.4 is 10.6 Å². The van der Waals surface area contributed by atoms with Crippen molar-refractivity contribution in [1.82, 2.24) is 30.5 Å². The molecule has 1 aromatic heterocycles. The van der Waals surface area contributed by atoms with Crippen molar-refractivity contribution in [3.05, 3.63) is 60.2 Å². The molecular weight excluding hydrogens is 516 g/mol. The number of rotatable bonds is 9. The van der Waals surface area contributed by atoms with E-state index in [0.717, 1.165) is 23.0 Å². The first-order valence-electron chi connectivity index (χ1n) is 13.4. The third-order valence-electron chi connectivity index (χ3n) is 8.50. The molecule has 0 saturated carbocycles. The number of aliphatic hydroxyl groups is 1. The van der Waals surface area contributed by atoms with Gasteiger partial charge in [0.1, 0.15) is 18.2 Å². The molecule has 3 saturated heterocycles. The molecule has 3 aliphatic heterocycles. The molecule has 2 unspecified atom stereocenters. The molecule has 0 aliphatic carbocycles. The van der Waals surface area contributed by atoms with E-state index in [4.69, 9.17) is 0 Å². The molecule has 39 heavy (non-hydrogen) atoms. The minimum atomic E-state index is -0.741. The maximum atomic E-state index is 14.0. The number of fused-ring (bicyclic) bond motifs is 2. The maximum Gasteiger partial charge on any atom is 0.245 e. The molecule has 204 valence electrons. The van der Waals surface area contributed by atoms with Gasteiger partial charge < -0.3 is 20.6 Å². The van der Waals surface area contributed by atoms with Crippen LogP contribution in [0.1, 0.15) is 31.7 Å². The highest BCUT2D eigenvalue weighted by Gasteiger charge is 2.76. The molecular formula is C28H32N6O4S. The van der Waals surface area contributed by atoms with Gasteiger partial charge in [0.05, 0.1) is 22.1 Å². The summed E-state index contributed by atoms with van der Waals surface area (Å²) in [6, 6.07) is 16.5. The molecule has 1 spiro atoms. The lowest BCUT2D eigenvalue weighted by atomic mass is 9.66. The van der Waals surface area contributed by atoms with Crippen LogP contribution in [0.5, 0.6) is 0 Å². The van der Waals surface area contributed by atoms with E-state index in [-0.39, 0.29) is 37.5 Å². The summed E-state index contributed by atoms with van der Waals surface area (Å²) < 4.78 is 0.479. The van der Waals surface area contributed by atoms with Gasteiger partial charge in [0.15, 0.2) is 0 Å². The number of carbonyl (C=O) groups is 3. The van der Waals surface area contributed by atoms with Crippen LogP contribution in [0, 0.1) is 11.8 Å². The van der Waals surface area contributed by atoms with Crippen molar-refractivity contribution in [2.45, 2.75) is 54.9 Å². The number of hydrogen-bond donors (Lipinski definition) is 3. The number of nitrogens with one attached hydrogen (secondary N) is 2. The lowest BCUT2D eigenvalue weighted by Crippen LogP contribution is -2.54. The van der Waals surface area contributed by atoms with Gasteiger partial charge in [-0.15, -0.1) is 16.9 Å². The third-order valence-corrected chi connectivity index (χ3v) is 10.5. The fraction of sp³-hybridized carbons (Fsp3) is 0.464. The largest absolute Gasteiger partial charge is 0.396 e. The second-order valence-corrected chi connectivity index (χ2v) is 12.7. The van der Waals surface area contributed by atoms with E-state index in [0.29, 0.717) is 19.4 Å². The predicted octanol–water partition coefficient (Wildman–Crippen LogP) is 1.69. The molecule has 3 amide bonds. The number of amides is 3. The second kappa shape index (κ2) is 9.95. The van der Waals surface area contributed by atoms with Crippen molar-refractivity contribution in [2.24, 2.45) is 11.8 Å². The quantitative estimate of drug-likeness (QED) is 0.371. The van der Waals surface area contributed by atoms with Crippen LogP contribution in [0.2, 0.25) is 0 Å². The SMILES string of the molecule is C[C@@]12CCC3(S1)C(C(=O)NCn1nnc4ccccc41)N(CCCO)C(=O)[C@@H]3[C@@H]2C(=O)NCc1ccccc1. The average Bonchev–Trinajstić information content (AvgIpc) is 3.65. The summed E-state index contributed by atoms with van der Waals surface area (Å²) in [6.45, 7) is 2.72. The minimum absolute atomic E-state index is 0.0907. The van der Waals surface area contributed by atoms with Crippen molar-refractivity contribution in [2.75, 3.05) is 13.2 Å². The van der Waals surface area contributed by atoms with Gasteiger partial charge in [-0.1, -0.05) is 47.7 Å². The van der Waals surface area contributed by atoms with E-state index >= 15 is 0 Å². The van der Waals surface area contributed by atoms with Gasteiger partial charge in [-0.05, 0) is 43.9 Å². The Morgan fingerprint density at radius 1 is 1.08 bits per heavy atom. The Kier molecular flexibility index (Phi) is 6.58. The van der Waals surface area contributed by atoms with Gasteiger partial charge in [-0.2, -0.15) is 0 Å². The van der Waals surface area contributed by atoms with Crippen LogP contribution in [0.4, 0.5) is 0 Å². The molecule has 0 radical (unpaired) electrons. The molecule has 11 heteroatoms. The molecule has 6 rings (SSSR count). The Hall–Kier alpha value is -3.44. The Morgan fingerprint density at radius 3 is 2.64 bits per heavy atom. The Bertz CT molecular complexity index is 1420. The highest BCUT2D eigenvalue weighted by Crippen LogP contribution is 2.71. The van der Waals surface area contributed by atoms with Crippen LogP contribution in [-0.4, -0.2) is 71.4 Å². The zero-order chi connectivity index (χ0) is 27.2. The van der Waals surface area contributed by atoms with Crippen molar-refractivity contribution in [3.8, 4) is 0 Å². The van der Waals surface area contributed by atoms with Gasteiger partial charge in [0, 0.05) is 24.4 Å². The topological polar surface area (TPSA) is 129 Å². The fourth-order valence-corrected chi connectivity index (χ4v) is 9.14. The first kappa shape index (κ1) is 25.8. The monoisotopic (exact) mass is 548 g/mol. The lowest BCUT2D eigenvalue weighted by Gasteiger charge is -2.34. The second-order valence-electron chi connectivity index (χ2n) is 10.8. The van der Waals surface area contributed by atoms with Crippen molar-refractivity contribution in [3.63, 3.8) is 0 Å². The Balaban J connectivity index is 1.26. The van der Waals surface area contributed by atoms with E-state index in [1.54, 1.807) is 21.3 Å². The Morgan fingerprint density at radius 2 is 1.85 bits per heavy atom. The van der Waals surface area contributed by atoms with E-state index < -0.39 is 27.4 Å². The van der Waals surface area contributed by atoms with E-state index in [1.807, 2.05) is 54.6 Å². The summed E-state index contributed by atoms with van der Waals surface area (Å²) >= 11 is 1.63. The first-order valence-corrected chi connectivity index (χ1v) is 14.2.